The maximum atomic E-state index is 12.2. The van der Waals surface area contributed by atoms with Crippen LogP contribution in [0.4, 0.5) is 0 Å². The fraction of sp³-hybridized carbons (Fsp3) is 0.643. The molecule has 1 fully saturated rings. The third-order valence-corrected chi connectivity index (χ3v) is 5.42. The number of hydrogen-bond acceptors (Lipinski definition) is 4. The van der Waals surface area contributed by atoms with Gasteiger partial charge in [-0.3, -0.25) is 4.98 Å². The summed E-state index contributed by atoms with van der Waals surface area (Å²) in [6.45, 7) is 2.51. The van der Waals surface area contributed by atoms with Crippen LogP contribution in [0.5, 0.6) is 0 Å². The van der Waals surface area contributed by atoms with Crippen LogP contribution in [0.25, 0.3) is 0 Å². The van der Waals surface area contributed by atoms with Crippen LogP contribution in [-0.2, 0) is 16.6 Å². The Morgan fingerprint density at radius 1 is 1.20 bits per heavy atom. The molecule has 1 saturated heterocycles. The molecule has 5 nitrogen and oxygen atoms in total. The van der Waals surface area contributed by atoms with Gasteiger partial charge in [-0.2, -0.15) is 0 Å². The SMILES string of the molecule is O=S(=O)(CCNCc1cccnc1)N1CCCCCC1. The van der Waals surface area contributed by atoms with Gasteiger partial charge in [0.1, 0.15) is 0 Å². The molecule has 0 aromatic carbocycles. The molecule has 1 aromatic heterocycles. The van der Waals surface area contributed by atoms with E-state index in [1.165, 1.54) is 0 Å². The molecule has 112 valence electrons. The Kier molecular flexibility index (Phi) is 5.94. The Labute approximate surface area is 121 Å². The molecule has 0 radical (unpaired) electrons. The van der Waals surface area contributed by atoms with Gasteiger partial charge in [-0.05, 0) is 24.5 Å². The van der Waals surface area contributed by atoms with Crippen LogP contribution in [0.15, 0.2) is 24.5 Å². The number of rotatable bonds is 6. The molecule has 0 amide bonds. The van der Waals surface area contributed by atoms with Crippen molar-refractivity contribution in [3.8, 4) is 0 Å². The summed E-state index contributed by atoms with van der Waals surface area (Å²) in [5.74, 6) is 0.174. The van der Waals surface area contributed by atoms with E-state index in [4.69, 9.17) is 0 Å². The monoisotopic (exact) mass is 297 g/mol. The highest BCUT2D eigenvalue weighted by Gasteiger charge is 2.22. The quantitative estimate of drug-likeness (QED) is 0.806. The van der Waals surface area contributed by atoms with Gasteiger partial charge in [-0.25, -0.2) is 12.7 Å². The van der Waals surface area contributed by atoms with Crippen LogP contribution in [0.2, 0.25) is 0 Å². The first-order valence-corrected chi connectivity index (χ1v) is 8.87. The maximum Gasteiger partial charge on any atom is 0.215 e. The molecule has 20 heavy (non-hydrogen) atoms. The third-order valence-electron chi connectivity index (χ3n) is 3.55. The standard InChI is InChI=1S/C14H23N3O2S/c18-20(19,17-9-3-1-2-4-10-17)11-8-16-13-14-6-5-7-15-12-14/h5-7,12,16H,1-4,8-11,13H2. The number of nitrogens with one attached hydrogen (secondary N) is 1. The Morgan fingerprint density at radius 3 is 2.60 bits per heavy atom. The molecule has 1 N–H and O–H groups in total. The summed E-state index contributed by atoms with van der Waals surface area (Å²) in [7, 11) is -3.11. The molecule has 0 unspecified atom stereocenters. The largest absolute Gasteiger partial charge is 0.312 e. The van der Waals surface area contributed by atoms with Crippen molar-refractivity contribution in [1.29, 1.82) is 0 Å². The zero-order chi connectivity index (χ0) is 14.3. The average molecular weight is 297 g/mol. The van der Waals surface area contributed by atoms with Gasteiger partial charge in [-0.1, -0.05) is 18.9 Å². The Balaban J connectivity index is 1.74. The molecule has 0 saturated carbocycles. The van der Waals surface area contributed by atoms with Crippen LogP contribution in [0.1, 0.15) is 31.2 Å². The Morgan fingerprint density at radius 2 is 1.95 bits per heavy atom. The molecule has 1 aromatic rings. The first-order valence-electron chi connectivity index (χ1n) is 7.26. The van der Waals surface area contributed by atoms with Gasteiger partial charge < -0.3 is 5.32 Å². The van der Waals surface area contributed by atoms with Gasteiger partial charge in [0, 0.05) is 38.6 Å². The first kappa shape index (κ1) is 15.4. The van der Waals surface area contributed by atoms with Crippen molar-refractivity contribution in [2.45, 2.75) is 32.2 Å². The summed E-state index contributed by atoms with van der Waals surface area (Å²) >= 11 is 0. The molecule has 0 atom stereocenters. The zero-order valence-corrected chi connectivity index (χ0v) is 12.6. The lowest BCUT2D eigenvalue weighted by atomic mass is 10.2. The number of nitrogens with zero attached hydrogens (tertiary/aromatic N) is 2. The number of aromatic nitrogens is 1. The Hall–Kier alpha value is -0.980. The van der Waals surface area contributed by atoms with Crippen LogP contribution in [0, 0.1) is 0 Å². The van der Waals surface area contributed by atoms with Crippen molar-refractivity contribution in [2.24, 2.45) is 0 Å². The molecule has 0 spiro atoms. The van der Waals surface area contributed by atoms with Crippen molar-refractivity contribution in [1.82, 2.24) is 14.6 Å². The minimum atomic E-state index is -3.11. The molecule has 2 heterocycles. The average Bonchev–Trinajstić information content (AvgIpc) is 2.74. The van der Waals surface area contributed by atoms with Crippen LogP contribution >= 0.6 is 0 Å². The highest BCUT2D eigenvalue weighted by Crippen LogP contribution is 2.13. The van der Waals surface area contributed by atoms with Gasteiger partial charge in [0.15, 0.2) is 0 Å². The second-order valence-corrected chi connectivity index (χ2v) is 7.26. The Bertz CT molecular complexity index is 482. The van der Waals surface area contributed by atoms with Gasteiger partial charge in [0.05, 0.1) is 5.75 Å². The molecule has 2 rings (SSSR count). The maximum absolute atomic E-state index is 12.2. The van der Waals surface area contributed by atoms with E-state index in [-0.39, 0.29) is 5.75 Å². The molecule has 0 aliphatic carbocycles. The molecule has 0 bridgehead atoms. The van der Waals surface area contributed by atoms with Crippen molar-refractivity contribution in [3.05, 3.63) is 30.1 Å². The van der Waals surface area contributed by atoms with Gasteiger partial charge in [-0.15, -0.1) is 0 Å². The van der Waals surface area contributed by atoms with Crippen molar-refractivity contribution in [3.63, 3.8) is 0 Å². The topological polar surface area (TPSA) is 62.3 Å². The smallest absolute Gasteiger partial charge is 0.215 e. The lowest BCUT2D eigenvalue weighted by molar-refractivity contribution is 0.422. The van der Waals surface area contributed by atoms with Gasteiger partial charge in [0.25, 0.3) is 0 Å². The highest BCUT2D eigenvalue weighted by atomic mass is 32.2. The summed E-state index contributed by atoms with van der Waals surface area (Å²) in [6.07, 6.45) is 7.78. The second kappa shape index (κ2) is 7.71. The van der Waals surface area contributed by atoms with Crippen LogP contribution in [0.3, 0.4) is 0 Å². The lowest BCUT2D eigenvalue weighted by Crippen LogP contribution is -2.36. The van der Waals surface area contributed by atoms with Crippen molar-refractivity contribution in [2.75, 3.05) is 25.4 Å². The minimum Gasteiger partial charge on any atom is -0.312 e. The highest BCUT2D eigenvalue weighted by molar-refractivity contribution is 7.89. The fourth-order valence-electron chi connectivity index (χ4n) is 2.39. The van der Waals surface area contributed by atoms with Crippen molar-refractivity contribution < 1.29 is 8.42 Å². The van der Waals surface area contributed by atoms with E-state index in [0.717, 1.165) is 31.2 Å². The molecular formula is C14H23N3O2S. The van der Waals surface area contributed by atoms with E-state index in [1.807, 2.05) is 12.1 Å². The number of sulfonamides is 1. The van der Waals surface area contributed by atoms with Crippen LogP contribution in [-0.4, -0.2) is 43.1 Å². The normalized spacial score (nSPS) is 17.8. The molecule has 1 aliphatic heterocycles. The van der Waals surface area contributed by atoms with Crippen molar-refractivity contribution >= 4 is 10.0 Å². The molecule has 6 heteroatoms. The lowest BCUT2D eigenvalue weighted by Gasteiger charge is -2.19. The van der Waals surface area contributed by atoms with E-state index in [0.29, 0.717) is 26.2 Å². The van der Waals surface area contributed by atoms with E-state index in [9.17, 15) is 8.42 Å². The summed E-state index contributed by atoms with van der Waals surface area (Å²) in [5, 5.41) is 3.17. The zero-order valence-electron chi connectivity index (χ0n) is 11.8. The van der Waals surface area contributed by atoms with E-state index >= 15 is 0 Å². The second-order valence-electron chi connectivity index (χ2n) is 5.17. The minimum absolute atomic E-state index is 0.174. The molecular weight excluding hydrogens is 274 g/mol. The van der Waals surface area contributed by atoms with E-state index in [2.05, 4.69) is 10.3 Å². The van der Waals surface area contributed by atoms with E-state index in [1.54, 1.807) is 16.7 Å². The predicted molar refractivity (Wildman–Crippen MR) is 79.8 cm³/mol. The van der Waals surface area contributed by atoms with Gasteiger partial charge >= 0.3 is 0 Å². The fourth-order valence-corrected chi connectivity index (χ4v) is 3.86. The predicted octanol–water partition coefficient (Wildman–Crippen LogP) is 1.38. The third kappa shape index (κ3) is 4.85. The van der Waals surface area contributed by atoms with E-state index < -0.39 is 10.0 Å². The summed E-state index contributed by atoms with van der Waals surface area (Å²) < 4.78 is 26.1. The first-order chi connectivity index (χ1) is 9.68. The molecule has 1 aliphatic rings. The number of hydrogen-bond donors (Lipinski definition) is 1. The number of pyridine rings is 1. The summed E-state index contributed by atoms with van der Waals surface area (Å²) in [4.78, 5) is 4.03. The summed E-state index contributed by atoms with van der Waals surface area (Å²) in [6, 6.07) is 3.86. The summed E-state index contributed by atoms with van der Waals surface area (Å²) in [5.41, 5.74) is 1.07. The van der Waals surface area contributed by atoms with Crippen LogP contribution < -0.4 is 5.32 Å². The van der Waals surface area contributed by atoms with Gasteiger partial charge in [0.2, 0.25) is 10.0 Å².